The van der Waals surface area contributed by atoms with Gasteiger partial charge < -0.3 is 5.11 Å². The second kappa shape index (κ2) is 5.92. The van der Waals surface area contributed by atoms with Crippen molar-refractivity contribution in [3.8, 4) is 6.07 Å². The zero-order chi connectivity index (χ0) is 14.8. The lowest BCUT2D eigenvalue weighted by atomic mass is 10.1. The fourth-order valence-electron chi connectivity index (χ4n) is 2.52. The van der Waals surface area contributed by atoms with Crippen LogP contribution in [0.5, 0.6) is 0 Å². The molecule has 0 aromatic heterocycles. The maximum atomic E-state index is 12.6. The van der Waals surface area contributed by atoms with Crippen LogP contribution in [0.4, 0.5) is 0 Å². The van der Waals surface area contributed by atoms with E-state index in [0.717, 1.165) is 6.42 Å². The molecule has 5 nitrogen and oxygen atoms in total. The summed E-state index contributed by atoms with van der Waals surface area (Å²) in [6.45, 7) is 2.74. The molecule has 0 spiro atoms. The van der Waals surface area contributed by atoms with Crippen molar-refractivity contribution in [3.63, 3.8) is 0 Å². The van der Waals surface area contributed by atoms with Gasteiger partial charge in [-0.1, -0.05) is 6.07 Å². The summed E-state index contributed by atoms with van der Waals surface area (Å²) in [7, 11) is -3.55. The molecule has 0 saturated carbocycles. The van der Waals surface area contributed by atoms with Crippen LogP contribution < -0.4 is 0 Å². The van der Waals surface area contributed by atoms with Crippen molar-refractivity contribution in [1.82, 2.24) is 4.31 Å². The van der Waals surface area contributed by atoms with Gasteiger partial charge in [0.2, 0.25) is 10.0 Å². The Morgan fingerprint density at radius 3 is 2.90 bits per heavy atom. The summed E-state index contributed by atoms with van der Waals surface area (Å²) in [5, 5.41) is 17.9. The lowest BCUT2D eigenvalue weighted by Gasteiger charge is -2.18. The topological polar surface area (TPSA) is 81.4 Å². The number of benzene rings is 1. The van der Waals surface area contributed by atoms with Crippen molar-refractivity contribution in [2.75, 3.05) is 19.7 Å². The SMILES string of the molecule is Cc1ccc(C#N)cc1S(=O)(=O)N1CCC(CCO)C1. The van der Waals surface area contributed by atoms with E-state index in [4.69, 9.17) is 10.4 Å². The molecule has 1 aromatic carbocycles. The van der Waals surface area contributed by atoms with Gasteiger partial charge in [0, 0.05) is 19.7 Å². The van der Waals surface area contributed by atoms with Gasteiger partial charge >= 0.3 is 0 Å². The molecular formula is C14H18N2O3S. The van der Waals surface area contributed by atoms with Gasteiger partial charge in [-0.25, -0.2) is 8.42 Å². The van der Waals surface area contributed by atoms with Gasteiger partial charge in [0.25, 0.3) is 0 Å². The molecule has 1 heterocycles. The molecule has 1 aromatic rings. The van der Waals surface area contributed by atoms with Crippen LogP contribution in [0.3, 0.4) is 0 Å². The fourth-order valence-corrected chi connectivity index (χ4v) is 4.30. The number of sulfonamides is 1. The van der Waals surface area contributed by atoms with Crippen LogP contribution in [0.1, 0.15) is 24.0 Å². The Morgan fingerprint density at radius 1 is 1.50 bits per heavy atom. The van der Waals surface area contributed by atoms with E-state index < -0.39 is 10.0 Å². The zero-order valence-electron chi connectivity index (χ0n) is 11.4. The molecule has 1 N–H and O–H groups in total. The summed E-state index contributed by atoms with van der Waals surface area (Å²) in [6.07, 6.45) is 1.40. The van der Waals surface area contributed by atoms with Crippen molar-refractivity contribution in [1.29, 1.82) is 5.26 Å². The molecule has 1 aliphatic heterocycles. The lowest BCUT2D eigenvalue weighted by Crippen LogP contribution is -2.29. The maximum absolute atomic E-state index is 12.6. The standard InChI is InChI=1S/C14H18N2O3S/c1-11-2-3-13(9-15)8-14(11)20(18,19)16-6-4-12(10-16)5-7-17/h2-3,8,12,17H,4-7,10H2,1H3. The number of aliphatic hydroxyl groups is 1. The number of aliphatic hydroxyl groups excluding tert-OH is 1. The van der Waals surface area contributed by atoms with Crippen LogP contribution in [0.15, 0.2) is 23.1 Å². The van der Waals surface area contributed by atoms with E-state index in [1.165, 1.54) is 10.4 Å². The van der Waals surface area contributed by atoms with Gasteiger partial charge in [-0.2, -0.15) is 9.57 Å². The summed E-state index contributed by atoms with van der Waals surface area (Å²) in [5.74, 6) is 0.217. The predicted octanol–water partition coefficient (Wildman–Crippen LogP) is 1.26. The van der Waals surface area contributed by atoms with Gasteiger partial charge in [-0.15, -0.1) is 0 Å². The minimum absolute atomic E-state index is 0.0848. The molecular weight excluding hydrogens is 276 g/mol. The third-order valence-corrected chi connectivity index (χ3v) is 5.73. The first kappa shape index (κ1) is 15.0. The van der Waals surface area contributed by atoms with E-state index in [0.29, 0.717) is 30.6 Å². The normalized spacial score (nSPS) is 19.9. The van der Waals surface area contributed by atoms with Crippen LogP contribution in [-0.4, -0.2) is 37.5 Å². The number of aryl methyl sites for hydroxylation is 1. The van der Waals surface area contributed by atoms with E-state index in [2.05, 4.69) is 0 Å². The first-order valence-corrected chi connectivity index (χ1v) is 8.05. The molecule has 0 amide bonds. The van der Waals surface area contributed by atoms with E-state index in [1.54, 1.807) is 19.1 Å². The summed E-state index contributed by atoms with van der Waals surface area (Å²) in [6, 6.07) is 6.68. The number of nitrogens with zero attached hydrogens (tertiary/aromatic N) is 2. The number of hydrogen-bond donors (Lipinski definition) is 1. The molecule has 1 saturated heterocycles. The van der Waals surface area contributed by atoms with Gasteiger partial charge in [0.15, 0.2) is 0 Å². The number of rotatable bonds is 4. The van der Waals surface area contributed by atoms with Crippen molar-refractivity contribution < 1.29 is 13.5 Å². The zero-order valence-corrected chi connectivity index (χ0v) is 12.2. The molecule has 0 radical (unpaired) electrons. The van der Waals surface area contributed by atoms with Gasteiger partial charge in [-0.05, 0) is 43.4 Å². The van der Waals surface area contributed by atoms with Crippen LogP contribution in [0, 0.1) is 24.2 Å². The number of nitriles is 1. The third-order valence-electron chi connectivity index (χ3n) is 3.72. The molecule has 1 unspecified atom stereocenters. The highest BCUT2D eigenvalue weighted by molar-refractivity contribution is 7.89. The number of hydrogen-bond acceptors (Lipinski definition) is 4. The highest BCUT2D eigenvalue weighted by atomic mass is 32.2. The molecule has 0 aliphatic carbocycles. The van der Waals surface area contributed by atoms with Gasteiger partial charge in [0.1, 0.15) is 0 Å². The van der Waals surface area contributed by atoms with Crippen LogP contribution >= 0.6 is 0 Å². The summed E-state index contributed by atoms with van der Waals surface area (Å²) >= 11 is 0. The van der Waals surface area contributed by atoms with Crippen molar-refractivity contribution in [3.05, 3.63) is 29.3 Å². The Labute approximate surface area is 119 Å². The van der Waals surface area contributed by atoms with Gasteiger partial charge in [0.05, 0.1) is 16.5 Å². The maximum Gasteiger partial charge on any atom is 0.243 e. The van der Waals surface area contributed by atoms with Crippen LogP contribution in [-0.2, 0) is 10.0 Å². The minimum Gasteiger partial charge on any atom is -0.396 e. The highest BCUT2D eigenvalue weighted by Crippen LogP contribution is 2.28. The average molecular weight is 294 g/mol. The molecule has 20 heavy (non-hydrogen) atoms. The lowest BCUT2D eigenvalue weighted by molar-refractivity contribution is 0.259. The summed E-state index contributed by atoms with van der Waals surface area (Å²) in [4.78, 5) is 0.209. The Balaban J connectivity index is 2.30. The van der Waals surface area contributed by atoms with Crippen molar-refractivity contribution in [2.24, 2.45) is 5.92 Å². The minimum atomic E-state index is -3.55. The van der Waals surface area contributed by atoms with Crippen molar-refractivity contribution >= 4 is 10.0 Å². The predicted molar refractivity (Wildman–Crippen MR) is 74.5 cm³/mol. The Hall–Kier alpha value is -1.42. The van der Waals surface area contributed by atoms with Gasteiger partial charge in [-0.3, -0.25) is 0 Å². The molecule has 1 aliphatic rings. The summed E-state index contributed by atoms with van der Waals surface area (Å²) < 4.78 is 26.7. The summed E-state index contributed by atoms with van der Waals surface area (Å²) in [5.41, 5.74) is 0.995. The fraction of sp³-hybridized carbons (Fsp3) is 0.500. The molecule has 6 heteroatoms. The molecule has 1 atom stereocenters. The molecule has 1 fully saturated rings. The average Bonchev–Trinajstić information content (AvgIpc) is 2.89. The Kier molecular flexibility index (Phi) is 4.43. The van der Waals surface area contributed by atoms with Crippen LogP contribution in [0.2, 0.25) is 0 Å². The highest BCUT2D eigenvalue weighted by Gasteiger charge is 2.33. The van der Waals surface area contributed by atoms with E-state index >= 15 is 0 Å². The second-order valence-electron chi connectivity index (χ2n) is 5.12. The molecule has 108 valence electrons. The third kappa shape index (κ3) is 2.85. The van der Waals surface area contributed by atoms with E-state index in [-0.39, 0.29) is 17.4 Å². The van der Waals surface area contributed by atoms with E-state index in [9.17, 15) is 8.42 Å². The van der Waals surface area contributed by atoms with Crippen molar-refractivity contribution in [2.45, 2.75) is 24.7 Å². The smallest absolute Gasteiger partial charge is 0.243 e. The first-order valence-electron chi connectivity index (χ1n) is 6.61. The van der Waals surface area contributed by atoms with E-state index in [1.807, 2.05) is 6.07 Å². The second-order valence-corrected chi connectivity index (χ2v) is 7.03. The Bertz CT molecular complexity index is 634. The molecule has 0 bridgehead atoms. The monoisotopic (exact) mass is 294 g/mol. The largest absolute Gasteiger partial charge is 0.396 e. The quantitative estimate of drug-likeness (QED) is 0.906. The Morgan fingerprint density at radius 2 is 2.25 bits per heavy atom. The first-order chi connectivity index (χ1) is 9.48. The molecule has 2 rings (SSSR count). The van der Waals surface area contributed by atoms with Crippen LogP contribution in [0.25, 0.3) is 0 Å².